The van der Waals surface area contributed by atoms with Crippen LogP contribution in [0.15, 0.2) is 47.1 Å². The van der Waals surface area contributed by atoms with Crippen molar-refractivity contribution in [1.82, 2.24) is 15.0 Å². The van der Waals surface area contributed by atoms with Crippen LogP contribution in [0.4, 0.5) is 0 Å². The van der Waals surface area contributed by atoms with Gasteiger partial charge in [-0.2, -0.15) is 0 Å². The van der Waals surface area contributed by atoms with Crippen molar-refractivity contribution >= 4 is 11.9 Å². The van der Waals surface area contributed by atoms with Gasteiger partial charge in [0.05, 0.1) is 18.4 Å². The molecule has 0 bridgehead atoms. The van der Waals surface area contributed by atoms with E-state index < -0.39 is 11.9 Å². The van der Waals surface area contributed by atoms with Crippen molar-refractivity contribution < 1.29 is 24.2 Å². The van der Waals surface area contributed by atoms with E-state index in [9.17, 15) is 14.7 Å². The number of rotatable bonds is 5. The molecule has 2 N–H and O–H groups in total. The van der Waals surface area contributed by atoms with Crippen LogP contribution in [-0.4, -0.2) is 37.1 Å². The van der Waals surface area contributed by atoms with Crippen LogP contribution >= 0.6 is 0 Å². The summed E-state index contributed by atoms with van der Waals surface area (Å²) in [7, 11) is 0. The van der Waals surface area contributed by atoms with E-state index in [2.05, 4.69) is 10.3 Å². The lowest BCUT2D eigenvalue weighted by Crippen LogP contribution is -2.03. The molecule has 0 saturated carbocycles. The molecule has 116 valence electrons. The van der Waals surface area contributed by atoms with Crippen LogP contribution in [0.25, 0.3) is 17.1 Å². The summed E-state index contributed by atoms with van der Waals surface area (Å²) < 4.78 is 6.61. The average Bonchev–Trinajstić information content (AvgIpc) is 3.16. The fraction of sp³-hybridized carbons (Fsp3) is 0.0667. The van der Waals surface area contributed by atoms with Crippen LogP contribution < -0.4 is 0 Å². The molecule has 8 nitrogen and oxygen atoms in total. The zero-order valence-corrected chi connectivity index (χ0v) is 11.7. The normalized spacial score (nSPS) is 10.6. The summed E-state index contributed by atoms with van der Waals surface area (Å²) >= 11 is 0. The Labute approximate surface area is 129 Å². The molecule has 0 amide bonds. The summed E-state index contributed by atoms with van der Waals surface area (Å²) in [6, 6.07) is 9.81. The van der Waals surface area contributed by atoms with Gasteiger partial charge in [0, 0.05) is 0 Å². The highest BCUT2D eigenvalue weighted by atomic mass is 16.4. The number of furan rings is 1. The van der Waals surface area contributed by atoms with Gasteiger partial charge >= 0.3 is 11.9 Å². The maximum atomic E-state index is 11.3. The predicted octanol–water partition coefficient (Wildman–Crippen LogP) is 1.85. The first kappa shape index (κ1) is 14.5. The Morgan fingerprint density at radius 3 is 2.43 bits per heavy atom. The molecule has 0 aliphatic rings. The molecule has 0 unspecified atom stereocenters. The number of aliphatic carboxylic acids is 1. The maximum Gasteiger partial charge on any atom is 0.358 e. The molecule has 3 rings (SSSR count). The molecule has 3 aromatic rings. The zero-order valence-electron chi connectivity index (χ0n) is 11.7. The number of benzene rings is 1. The Kier molecular flexibility index (Phi) is 3.63. The number of aromatic carboxylic acids is 1. The van der Waals surface area contributed by atoms with E-state index in [4.69, 9.17) is 9.52 Å². The van der Waals surface area contributed by atoms with Gasteiger partial charge in [-0.1, -0.05) is 17.3 Å². The second-order valence-corrected chi connectivity index (χ2v) is 4.72. The van der Waals surface area contributed by atoms with Crippen molar-refractivity contribution in [2.75, 3.05) is 0 Å². The van der Waals surface area contributed by atoms with Crippen molar-refractivity contribution in [1.29, 1.82) is 0 Å². The number of aromatic nitrogens is 3. The van der Waals surface area contributed by atoms with E-state index in [0.717, 1.165) is 0 Å². The third-order valence-corrected chi connectivity index (χ3v) is 3.16. The van der Waals surface area contributed by atoms with Crippen LogP contribution in [0.5, 0.6) is 0 Å². The minimum absolute atomic E-state index is 0.0942. The quantitative estimate of drug-likeness (QED) is 0.737. The third-order valence-electron chi connectivity index (χ3n) is 3.16. The summed E-state index contributed by atoms with van der Waals surface area (Å²) in [6.45, 7) is 0. The van der Waals surface area contributed by atoms with E-state index in [1.807, 2.05) is 0 Å². The molecule has 0 saturated heterocycles. The van der Waals surface area contributed by atoms with Crippen molar-refractivity contribution in [3.8, 4) is 17.1 Å². The van der Waals surface area contributed by atoms with Crippen molar-refractivity contribution in [2.45, 2.75) is 6.42 Å². The van der Waals surface area contributed by atoms with Gasteiger partial charge in [-0.05, 0) is 29.8 Å². The molecule has 2 aromatic heterocycles. The molecule has 0 atom stereocenters. The van der Waals surface area contributed by atoms with Crippen LogP contribution in [0.2, 0.25) is 0 Å². The maximum absolute atomic E-state index is 11.3. The summed E-state index contributed by atoms with van der Waals surface area (Å²) in [4.78, 5) is 22.0. The summed E-state index contributed by atoms with van der Waals surface area (Å²) in [5, 5.41) is 25.6. The highest BCUT2D eigenvalue weighted by Gasteiger charge is 2.23. The molecule has 1 aromatic carbocycles. The minimum Gasteiger partial charge on any atom is -0.481 e. The SMILES string of the molecule is O=C(O)Cc1ccc(-n2nnc(C(=O)O)c2-c2ccco2)cc1. The highest BCUT2D eigenvalue weighted by Crippen LogP contribution is 2.25. The summed E-state index contributed by atoms with van der Waals surface area (Å²) in [5.74, 6) is -1.82. The topological polar surface area (TPSA) is 118 Å². The Bertz CT molecular complexity index is 850. The molecule has 0 aliphatic heterocycles. The van der Waals surface area contributed by atoms with E-state index in [1.54, 1.807) is 36.4 Å². The predicted molar refractivity (Wildman–Crippen MR) is 77.4 cm³/mol. The Morgan fingerprint density at radius 2 is 1.87 bits per heavy atom. The molecule has 0 aliphatic carbocycles. The molecular formula is C15H11N3O5. The Balaban J connectivity index is 2.06. The van der Waals surface area contributed by atoms with Gasteiger partial charge in [-0.3, -0.25) is 4.79 Å². The van der Waals surface area contributed by atoms with Crippen LogP contribution in [-0.2, 0) is 11.2 Å². The molecule has 0 spiro atoms. The highest BCUT2D eigenvalue weighted by molar-refractivity contribution is 5.92. The molecular weight excluding hydrogens is 302 g/mol. The van der Waals surface area contributed by atoms with Crippen LogP contribution in [0.1, 0.15) is 16.1 Å². The zero-order chi connectivity index (χ0) is 16.4. The van der Waals surface area contributed by atoms with E-state index in [0.29, 0.717) is 17.0 Å². The number of carboxylic acid groups (broad SMARTS) is 2. The molecule has 2 heterocycles. The molecule has 8 heteroatoms. The molecule has 23 heavy (non-hydrogen) atoms. The number of carbonyl (C=O) groups is 2. The summed E-state index contributed by atoms with van der Waals surface area (Å²) in [6.07, 6.45) is 1.33. The van der Waals surface area contributed by atoms with Crippen molar-refractivity contribution in [3.63, 3.8) is 0 Å². The molecule has 0 radical (unpaired) electrons. The monoisotopic (exact) mass is 313 g/mol. The first-order chi connectivity index (χ1) is 11.1. The van der Waals surface area contributed by atoms with Gasteiger partial charge in [-0.25, -0.2) is 9.48 Å². The smallest absolute Gasteiger partial charge is 0.358 e. The first-order valence-electron chi connectivity index (χ1n) is 6.60. The number of hydrogen-bond donors (Lipinski definition) is 2. The first-order valence-corrected chi connectivity index (χ1v) is 6.60. The van der Waals surface area contributed by atoms with E-state index >= 15 is 0 Å². The average molecular weight is 313 g/mol. The lowest BCUT2D eigenvalue weighted by atomic mass is 10.1. The van der Waals surface area contributed by atoms with Gasteiger partial charge in [0.15, 0.2) is 5.76 Å². The lowest BCUT2D eigenvalue weighted by Gasteiger charge is -2.06. The third kappa shape index (κ3) is 2.82. The van der Waals surface area contributed by atoms with E-state index in [-0.39, 0.29) is 17.8 Å². The Morgan fingerprint density at radius 1 is 1.13 bits per heavy atom. The van der Waals surface area contributed by atoms with Gasteiger partial charge in [0.1, 0.15) is 5.69 Å². The standard InChI is InChI=1S/C15H11N3O5/c19-12(20)8-9-3-5-10(6-4-9)18-14(11-2-1-7-23-11)13(15(21)22)16-17-18/h1-7H,8H2,(H,19,20)(H,21,22). The number of carboxylic acids is 2. The van der Waals surface area contributed by atoms with Gasteiger partial charge in [0.25, 0.3) is 0 Å². The van der Waals surface area contributed by atoms with Crippen LogP contribution in [0, 0.1) is 0 Å². The molecule has 0 fully saturated rings. The summed E-state index contributed by atoms with van der Waals surface area (Å²) in [5.41, 5.74) is 1.16. The van der Waals surface area contributed by atoms with Crippen LogP contribution in [0.3, 0.4) is 0 Å². The Hall–Kier alpha value is -3.42. The van der Waals surface area contributed by atoms with Gasteiger partial charge in [-0.15, -0.1) is 5.10 Å². The van der Waals surface area contributed by atoms with Gasteiger partial charge < -0.3 is 14.6 Å². The number of hydrogen-bond acceptors (Lipinski definition) is 5. The fourth-order valence-electron chi connectivity index (χ4n) is 2.17. The second-order valence-electron chi connectivity index (χ2n) is 4.72. The second kappa shape index (κ2) is 5.76. The number of nitrogens with zero attached hydrogens (tertiary/aromatic N) is 3. The van der Waals surface area contributed by atoms with Gasteiger partial charge in [0.2, 0.25) is 5.69 Å². The van der Waals surface area contributed by atoms with Crippen molar-refractivity contribution in [2.24, 2.45) is 0 Å². The lowest BCUT2D eigenvalue weighted by molar-refractivity contribution is -0.136. The van der Waals surface area contributed by atoms with E-state index in [1.165, 1.54) is 10.9 Å². The largest absolute Gasteiger partial charge is 0.481 e. The minimum atomic E-state index is -1.22. The van der Waals surface area contributed by atoms with Crippen molar-refractivity contribution in [3.05, 3.63) is 53.9 Å². The fourth-order valence-corrected chi connectivity index (χ4v) is 2.17.